The molecule has 0 heterocycles. The van der Waals surface area contributed by atoms with E-state index in [1.54, 1.807) is 18.2 Å². The van der Waals surface area contributed by atoms with Crippen LogP contribution in [0.5, 0.6) is 0 Å². The summed E-state index contributed by atoms with van der Waals surface area (Å²) in [6.07, 6.45) is 5.21. The van der Waals surface area contributed by atoms with Gasteiger partial charge in [-0.2, -0.15) is 0 Å². The average molecular weight is 238 g/mol. The van der Waals surface area contributed by atoms with Gasteiger partial charge in [-0.1, -0.05) is 5.92 Å². The summed E-state index contributed by atoms with van der Waals surface area (Å²) < 4.78 is 0.790. The topological polar surface area (TPSA) is 29.1 Å². The first-order valence-electron chi connectivity index (χ1n) is 3.67. The lowest BCUT2D eigenvalue weighted by Crippen LogP contribution is -2.06. The van der Waals surface area contributed by atoms with E-state index in [4.69, 9.17) is 6.42 Å². The molecule has 2 nitrogen and oxygen atoms in total. The third kappa shape index (κ3) is 2.60. The number of carbonyl (C=O) groups excluding carboxylic acids is 1. The Labute approximate surface area is 85.5 Å². The van der Waals surface area contributed by atoms with Crippen LogP contribution >= 0.6 is 15.9 Å². The zero-order chi connectivity index (χ0) is 9.84. The number of anilines is 1. The van der Waals surface area contributed by atoms with E-state index in [0.29, 0.717) is 0 Å². The summed E-state index contributed by atoms with van der Waals surface area (Å²) in [4.78, 5) is 10.7. The number of hydrogen-bond acceptors (Lipinski definition) is 1. The number of halogens is 1. The van der Waals surface area contributed by atoms with E-state index in [2.05, 4.69) is 27.2 Å². The lowest BCUT2D eigenvalue weighted by Gasteiger charge is -2.04. The monoisotopic (exact) mass is 237 g/mol. The quantitative estimate of drug-likeness (QED) is 0.748. The molecule has 0 bridgehead atoms. The average Bonchev–Trinajstić information content (AvgIpc) is 2.08. The number of benzene rings is 1. The molecule has 13 heavy (non-hydrogen) atoms. The lowest BCUT2D eigenvalue weighted by molar-refractivity contribution is -0.114. The number of rotatable bonds is 1. The van der Waals surface area contributed by atoms with E-state index in [9.17, 15) is 4.79 Å². The SMILES string of the molecule is C#Cc1ccc(NC(C)=O)c(Br)c1. The van der Waals surface area contributed by atoms with Crippen molar-refractivity contribution in [2.75, 3.05) is 5.32 Å². The van der Waals surface area contributed by atoms with Gasteiger partial charge in [0.2, 0.25) is 5.91 Å². The van der Waals surface area contributed by atoms with Crippen molar-refractivity contribution in [1.82, 2.24) is 0 Å². The summed E-state index contributed by atoms with van der Waals surface area (Å²) in [6.45, 7) is 1.46. The second-order valence-electron chi connectivity index (χ2n) is 2.52. The highest BCUT2D eigenvalue weighted by Gasteiger charge is 2.01. The summed E-state index contributed by atoms with van der Waals surface area (Å²) >= 11 is 3.31. The van der Waals surface area contributed by atoms with Crippen LogP contribution in [-0.4, -0.2) is 5.91 Å². The predicted octanol–water partition coefficient (Wildman–Crippen LogP) is 2.39. The lowest BCUT2D eigenvalue weighted by atomic mass is 10.2. The molecular weight excluding hydrogens is 230 g/mol. The number of terminal acetylenes is 1. The highest BCUT2D eigenvalue weighted by molar-refractivity contribution is 9.10. The van der Waals surface area contributed by atoms with E-state index in [1.807, 2.05) is 0 Å². The van der Waals surface area contributed by atoms with Gasteiger partial charge in [0.15, 0.2) is 0 Å². The minimum absolute atomic E-state index is 0.103. The number of nitrogens with one attached hydrogen (secondary N) is 1. The molecule has 3 heteroatoms. The van der Waals surface area contributed by atoms with Gasteiger partial charge in [0.05, 0.1) is 5.69 Å². The maximum absolute atomic E-state index is 10.7. The van der Waals surface area contributed by atoms with E-state index in [-0.39, 0.29) is 5.91 Å². The van der Waals surface area contributed by atoms with Crippen molar-refractivity contribution >= 4 is 27.5 Å². The van der Waals surface area contributed by atoms with Crippen LogP contribution in [0.15, 0.2) is 22.7 Å². The second kappa shape index (κ2) is 4.11. The molecule has 0 fully saturated rings. The van der Waals surface area contributed by atoms with E-state index in [0.717, 1.165) is 15.7 Å². The van der Waals surface area contributed by atoms with Gasteiger partial charge >= 0.3 is 0 Å². The second-order valence-corrected chi connectivity index (χ2v) is 3.37. The van der Waals surface area contributed by atoms with Crippen LogP contribution in [0, 0.1) is 12.3 Å². The molecule has 0 atom stereocenters. The first-order valence-corrected chi connectivity index (χ1v) is 4.46. The Morgan fingerprint density at radius 2 is 2.31 bits per heavy atom. The standard InChI is InChI=1S/C10H8BrNO/c1-3-8-4-5-10(9(11)6-8)12-7(2)13/h1,4-6H,2H3,(H,12,13). The molecule has 0 radical (unpaired) electrons. The molecule has 0 aliphatic carbocycles. The van der Waals surface area contributed by atoms with Crippen molar-refractivity contribution in [3.63, 3.8) is 0 Å². The zero-order valence-corrected chi connectivity index (χ0v) is 8.68. The van der Waals surface area contributed by atoms with Crippen molar-refractivity contribution in [2.45, 2.75) is 6.92 Å². The molecule has 0 aliphatic rings. The summed E-state index contributed by atoms with van der Waals surface area (Å²) in [5, 5.41) is 2.67. The van der Waals surface area contributed by atoms with Crippen molar-refractivity contribution in [1.29, 1.82) is 0 Å². The molecule has 0 saturated heterocycles. The molecule has 1 N–H and O–H groups in total. The Morgan fingerprint density at radius 1 is 1.62 bits per heavy atom. The Kier molecular flexibility index (Phi) is 3.10. The molecule has 1 rings (SSSR count). The molecular formula is C10H8BrNO. The molecule has 1 aromatic carbocycles. The smallest absolute Gasteiger partial charge is 0.221 e. The molecule has 1 amide bonds. The third-order valence-electron chi connectivity index (χ3n) is 1.45. The minimum atomic E-state index is -0.103. The fourth-order valence-corrected chi connectivity index (χ4v) is 1.37. The molecule has 0 unspecified atom stereocenters. The fraction of sp³-hybridized carbons (Fsp3) is 0.100. The maximum atomic E-state index is 10.7. The van der Waals surface area contributed by atoms with Crippen LogP contribution in [0.3, 0.4) is 0 Å². The highest BCUT2D eigenvalue weighted by Crippen LogP contribution is 2.23. The zero-order valence-electron chi connectivity index (χ0n) is 7.10. The summed E-state index contributed by atoms with van der Waals surface area (Å²) in [5.74, 6) is 2.40. The molecule has 66 valence electrons. The largest absolute Gasteiger partial charge is 0.325 e. The van der Waals surface area contributed by atoms with Gasteiger partial charge in [-0.05, 0) is 34.1 Å². The van der Waals surface area contributed by atoms with Gasteiger partial charge < -0.3 is 5.32 Å². The summed E-state index contributed by atoms with van der Waals surface area (Å²) in [7, 11) is 0. The van der Waals surface area contributed by atoms with Crippen LogP contribution in [0.25, 0.3) is 0 Å². The predicted molar refractivity (Wildman–Crippen MR) is 56.4 cm³/mol. The Balaban J connectivity index is 3.00. The highest BCUT2D eigenvalue weighted by atomic mass is 79.9. The summed E-state index contributed by atoms with van der Waals surface area (Å²) in [5.41, 5.74) is 1.51. The van der Waals surface area contributed by atoms with Crippen LogP contribution in [0.2, 0.25) is 0 Å². The van der Waals surface area contributed by atoms with Crippen LogP contribution < -0.4 is 5.32 Å². The van der Waals surface area contributed by atoms with Crippen LogP contribution in [0.4, 0.5) is 5.69 Å². The number of carbonyl (C=O) groups is 1. The third-order valence-corrected chi connectivity index (χ3v) is 2.10. The first-order chi connectivity index (χ1) is 6.13. The van der Waals surface area contributed by atoms with Gasteiger partial charge in [-0.3, -0.25) is 4.79 Å². The Bertz CT molecular complexity index is 379. The van der Waals surface area contributed by atoms with Gasteiger partial charge in [0.1, 0.15) is 0 Å². The van der Waals surface area contributed by atoms with Crippen molar-refractivity contribution in [2.24, 2.45) is 0 Å². The normalized spacial score (nSPS) is 9.00. The molecule has 0 aliphatic heterocycles. The van der Waals surface area contributed by atoms with Crippen molar-refractivity contribution in [3.05, 3.63) is 28.2 Å². The maximum Gasteiger partial charge on any atom is 0.221 e. The number of hydrogen-bond donors (Lipinski definition) is 1. The summed E-state index contributed by atoms with van der Waals surface area (Å²) in [6, 6.07) is 5.32. The molecule has 0 saturated carbocycles. The molecule has 1 aromatic rings. The van der Waals surface area contributed by atoms with E-state index >= 15 is 0 Å². The number of amides is 1. The van der Waals surface area contributed by atoms with Gasteiger partial charge in [-0.25, -0.2) is 0 Å². The van der Waals surface area contributed by atoms with Gasteiger partial charge in [-0.15, -0.1) is 6.42 Å². The van der Waals surface area contributed by atoms with Crippen molar-refractivity contribution < 1.29 is 4.79 Å². The van der Waals surface area contributed by atoms with Gasteiger partial charge in [0.25, 0.3) is 0 Å². The Hall–Kier alpha value is -1.27. The van der Waals surface area contributed by atoms with Crippen LogP contribution in [-0.2, 0) is 4.79 Å². The van der Waals surface area contributed by atoms with E-state index in [1.165, 1.54) is 6.92 Å². The minimum Gasteiger partial charge on any atom is -0.325 e. The van der Waals surface area contributed by atoms with Gasteiger partial charge in [0, 0.05) is 17.0 Å². The van der Waals surface area contributed by atoms with Crippen LogP contribution in [0.1, 0.15) is 12.5 Å². The molecule has 0 aromatic heterocycles. The fourth-order valence-electron chi connectivity index (χ4n) is 0.896. The van der Waals surface area contributed by atoms with E-state index < -0.39 is 0 Å². The Morgan fingerprint density at radius 3 is 2.77 bits per heavy atom. The van der Waals surface area contributed by atoms with Crippen molar-refractivity contribution in [3.8, 4) is 12.3 Å². The first kappa shape index (κ1) is 9.82. The molecule has 0 spiro atoms.